The Morgan fingerprint density at radius 1 is 1.21 bits per heavy atom. The van der Waals surface area contributed by atoms with Crippen molar-refractivity contribution in [3.8, 4) is 11.3 Å². The fourth-order valence-corrected chi connectivity index (χ4v) is 2.98. The number of hydrogen-bond donors (Lipinski definition) is 2. The van der Waals surface area contributed by atoms with Gasteiger partial charge in [-0.25, -0.2) is 4.98 Å². The number of H-pyrrole nitrogens is 1. The SMILES string of the molecule is Cc1ccc(C)c(-c2cnc(C3(N)CCCC3)[nH]2)c1. The average Bonchev–Trinajstić information content (AvgIpc) is 3.02. The normalized spacial score (nSPS) is 17.8. The van der Waals surface area contributed by atoms with Crippen LogP contribution < -0.4 is 5.73 Å². The van der Waals surface area contributed by atoms with E-state index < -0.39 is 0 Å². The highest BCUT2D eigenvalue weighted by atomic mass is 15.0. The molecule has 1 aromatic carbocycles. The smallest absolute Gasteiger partial charge is 0.126 e. The first-order valence-corrected chi connectivity index (χ1v) is 7.00. The van der Waals surface area contributed by atoms with Crippen molar-refractivity contribution in [2.45, 2.75) is 45.1 Å². The second-order valence-corrected chi connectivity index (χ2v) is 5.83. The number of aromatic nitrogens is 2. The maximum atomic E-state index is 6.45. The van der Waals surface area contributed by atoms with Gasteiger partial charge in [-0.1, -0.05) is 30.5 Å². The van der Waals surface area contributed by atoms with Gasteiger partial charge in [0.1, 0.15) is 5.82 Å². The molecule has 1 heterocycles. The summed E-state index contributed by atoms with van der Waals surface area (Å²) < 4.78 is 0. The Hall–Kier alpha value is -1.61. The predicted octanol–water partition coefficient (Wildman–Crippen LogP) is 3.42. The van der Waals surface area contributed by atoms with Crippen LogP contribution >= 0.6 is 0 Å². The Morgan fingerprint density at radius 3 is 2.68 bits per heavy atom. The number of aryl methyl sites for hydroxylation is 2. The summed E-state index contributed by atoms with van der Waals surface area (Å²) in [5.74, 6) is 0.945. The number of hydrogen-bond acceptors (Lipinski definition) is 2. The highest BCUT2D eigenvalue weighted by molar-refractivity contribution is 5.64. The van der Waals surface area contributed by atoms with Crippen molar-refractivity contribution in [1.82, 2.24) is 9.97 Å². The van der Waals surface area contributed by atoms with Crippen molar-refractivity contribution >= 4 is 0 Å². The molecular formula is C16H21N3. The molecule has 0 amide bonds. The van der Waals surface area contributed by atoms with Crippen LogP contribution in [0.3, 0.4) is 0 Å². The van der Waals surface area contributed by atoms with E-state index in [0.29, 0.717) is 0 Å². The summed E-state index contributed by atoms with van der Waals surface area (Å²) in [6.07, 6.45) is 6.40. The molecule has 3 nitrogen and oxygen atoms in total. The summed E-state index contributed by atoms with van der Waals surface area (Å²) in [5, 5.41) is 0. The lowest BCUT2D eigenvalue weighted by atomic mass is 9.98. The monoisotopic (exact) mass is 255 g/mol. The molecule has 0 saturated heterocycles. The van der Waals surface area contributed by atoms with Gasteiger partial charge in [0, 0.05) is 5.56 Å². The van der Waals surface area contributed by atoms with Gasteiger partial charge in [0.2, 0.25) is 0 Å². The molecule has 0 aliphatic heterocycles. The Labute approximate surface area is 114 Å². The van der Waals surface area contributed by atoms with E-state index in [0.717, 1.165) is 24.4 Å². The first-order chi connectivity index (χ1) is 9.08. The molecule has 0 spiro atoms. The predicted molar refractivity (Wildman–Crippen MR) is 77.8 cm³/mol. The lowest BCUT2D eigenvalue weighted by molar-refractivity contribution is 0.436. The molecule has 2 aromatic rings. The quantitative estimate of drug-likeness (QED) is 0.864. The van der Waals surface area contributed by atoms with Crippen LogP contribution in [0, 0.1) is 13.8 Å². The Kier molecular flexibility index (Phi) is 2.94. The van der Waals surface area contributed by atoms with E-state index in [1.54, 1.807) is 0 Å². The minimum atomic E-state index is -0.240. The van der Waals surface area contributed by atoms with Crippen molar-refractivity contribution in [3.05, 3.63) is 41.3 Å². The summed E-state index contributed by atoms with van der Waals surface area (Å²) in [6, 6.07) is 6.49. The highest BCUT2D eigenvalue weighted by Crippen LogP contribution is 2.35. The molecule has 19 heavy (non-hydrogen) atoms. The van der Waals surface area contributed by atoms with Gasteiger partial charge >= 0.3 is 0 Å². The number of imidazole rings is 1. The fraction of sp³-hybridized carbons (Fsp3) is 0.438. The number of nitrogens with one attached hydrogen (secondary N) is 1. The zero-order valence-corrected chi connectivity index (χ0v) is 11.7. The van der Waals surface area contributed by atoms with Crippen LogP contribution in [0.1, 0.15) is 42.6 Å². The first kappa shape index (κ1) is 12.4. The van der Waals surface area contributed by atoms with E-state index in [1.807, 2.05) is 6.20 Å². The van der Waals surface area contributed by atoms with E-state index in [1.165, 1.54) is 29.5 Å². The van der Waals surface area contributed by atoms with E-state index in [-0.39, 0.29) is 5.54 Å². The summed E-state index contributed by atoms with van der Waals surface area (Å²) in [4.78, 5) is 7.98. The Bertz CT molecular complexity index is 592. The number of nitrogens with two attached hydrogens (primary N) is 1. The van der Waals surface area contributed by atoms with Gasteiger partial charge in [-0.15, -0.1) is 0 Å². The van der Waals surface area contributed by atoms with Crippen molar-refractivity contribution in [3.63, 3.8) is 0 Å². The third-order valence-corrected chi connectivity index (χ3v) is 4.23. The van der Waals surface area contributed by atoms with Gasteiger partial charge in [0.05, 0.1) is 17.4 Å². The van der Waals surface area contributed by atoms with Crippen LogP contribution in [-0.4, -0.2) is 9.97 Å². The number of aromatic amines is 1. The minimum Gasteiger partial charge on any atom is -0.340 e. The molecule has 0 unspecified atom stereocenters. The second kappa shape index (κ2) is 4.49. The molecule has 3 rings (SSSR count). The molecule has 100 valence electrons. The van der Waals surface area contributed by atoms with Gasteiger partial charge in [0.25, 0.3) is 0 Å². The summed E-state index contributed by atoms with van der Waals surface area (Å²) in [7, 11) is 0. The molecule has 1 saturated carbocycles. The zero-order chi connectivity index (χ0) is 13.5. The maximum absolute atomic E-state index is 6.45. The maximum Gasteiger partial charge on any atom is 0.126 e. The van der Waals surface area contributed by atoms with Crippen LogP contribution in [0.5, 0.6) is 0 Å². The summed E-state index contributed by atoms with van der Waals surface area (Å²) >= 11 is 0. The average molecular weight is 255 g/mol. The fourth-order valence-electron chi connectivity index (χ4n) is 2.98. The minimum absolute atomic E-state index is 0.240. The van der Waals surface area contributed by atoms with Crippen LogP contribution in [0.4, 0.5) is 0 Å². The van der Waals surface area contributed by atoms with E-state index >= 15 is 0 Å². The van der Waals surface area contributed by atoms with E-state index in [9.17, 15) is 0 Å². The molecule has 0 radical (unpaired) electrons. The molecule has 3 N–H and O–H groups in total. The third-order valence-electron chi connectivity index (χ3n) is 4.23. The molecule has 1 aliphatic rings. The lowest BCUT2D eigenvalue weighted by Gasteiger charge is -2.20. The Morgan fingerprint density at radius 2 is 1.95 bits per heavy atom. The van der Waals surface area contributed by atoms with Crippen LogP contribution in [-0.2, 0) is 5.54 Å². The highest BCUT2D eigenvalue weighted by Gasteiger charge is 2.34. The molecule has 1 fully saturated rings. The first-order valence-electron chi connectivity index (χ1n) is 7.00. The van der Waals surface area contributed by atoms with Crippen molar-refractivity contribution in [2.75, 3.05) is 0 Å². The Balaban J connectivity index is 1.99. The number of rotatable bonds is 2. The largest absolute Gasteiger partial charge is 0.340 e. The van der Waals surface area contributed by atoms with Gasteiger partial charge in [-0.05, 0) is 38.3 Å². The molecule has 1 aromatic heterocycles. The lowest BCUT2D eigenvalue weighted by Crippen LogP contribution is -2.34. The van der Waals surface area contributed by atoms with Crippen molar-refractivity contribution in [2.24, 2.45) is 5.73 Å². The van der Waals surface area contributed by atoms with Gasteiger partial charge in [0.15, 0.2) is 0 Å². The zero-order valence-electron chi connectivity index (χ0n) is 11.7. The van der Waals surface area contributed by atoms with Gasteiger partial charge in [-0.3, -0.25) is 0 Å². The molecule has 1 aliphatic carbocycles. The summed E-state index contributed by atoms with van der Waals surface area (Å²) in [5.41, 5.74) is 11.0. The molecular weight excluding hydrogens is 234 g/mol. The third kappa shape index (κ3) is 2.19. The number of nitrogens with zero attached hydrogens (tertiary/aromatic N) is 1. The van der Waals surface area contributed by atoms with Gasteiger partial charge < -0.3 is 10.7 Å². The standard InChI is InChI=1S/C16H21N3/c1-11-5-6-12(2)13(9-11)14-10-18-15(19-14)16(17)7-3-4-8-16/h5-6,9-10H,3-4,7-8,17H2,1-2H3,(H,18,19). The van der Waals surface area contributed by atoms with Gasteiger partial charge in [-0.2, -0.15) is 0 Å². The topological polar surface area (TPSA) is 54.7 Å². The molecule has 0 bridgehead atoms. The molecule has 3 heteroatoms. The van der Waals surface area contributed by atoms with E-state index in [4.69, 9.17) is 5.73 Å². The summed E-state index contributed by atoms with van der Waals surface area (Å²) in [6.45, 7) is 4.24. The van der Waals surface area contributed by atoms with Crippen molar-refractivity contribution in [1.29, 1.82) is 0 Å². The van der Waals surface area contributed by atoms with Crippen LogP contribution in [0.2, 0.25) is 0 Å². The number of benzene rings is 1. The molecule has 0 atom stereocenters. The van der Waals surface area contributed by atoms with Crippen LogP contribution in [0.25, 0.3) is 11.3 Å². The van der Waals surface area contributed by atoms with E-state index in [2.05, 4.69) is 42.0 Å². The second-order valence-electron chi connectivity index (χ2n) is 5.83. The van der Waals surface area contributed by atoms with Crippen LogP contribution in [0.15, 0.2) is 24.4 Å². The van der Waals surface area contributed by atoms with Crippen molar-refractivity contribution < 1.29 is 0 Å².